The highest BCUT2D eigenvalue weighted by atomic mass is 16.5. The van der Waals surface area contributed by atoms with Crippen LogP contribution in [0.15, 0.2) is 24.7 Å². The third-order valence-electron chi connectivity index (χ3n) is 2.91. The highest BCUT2D eigenvalue weighted by Crippen LogP contribution is 2.27. The van der Waals surface area contributed by atoms with Gasteiger partial charge >= 0.3 is 0 Å². The van der Waals surface area contributed by atoms with Crippen molar-refractivity contribution in [3.8, 4) is 0 Å². The average molecular weight is 242 g/mol. The van der Waals surface area contributed by atoms with Gasteiger partial charge in [-0.05, 0) is 51.4 Å². The van der Waals surface area contributed by atoms with Gasteiger partial charge in [-0.1, -0.05) is 12.2 Å². The lowest BCUT2D eigenvalue weighted by Gasteiger charge is -2.25. The van der Waals surface area contributed by atoms with Crippen LogP contribution >= 0.6 is 0 Å². The minimum atomic E-state index is 0.331. The number of hydrogen-bond donors (Lipinski definition) is 2. The third-order valence-corrected chi connectivity index (χ3v) is 2.91. The van der Waals surface area contributed by atoms with Crippen LogP contribution in [0.25, 0.3) is 0 Å². The lowest BCUT2D eigenvalue weighted by Crippen LogP contribution is -2.19. The van der Waals surface area contributed by atoms with E-state index in [1.807, 2.05) is 26.0 Å². The van der Waals surface area contributed by atoms with Crippen molar-refractivity contribution in [1.82, 2.24) is 0 Å². The Labute approximate surface area is 105 Å². The molecule has 0 spiro atoms. The molecule has 0 aromatic carbocycles. The summed E-state index contributed by atoms with van der Waals surface area (Å²) in [5.74, 6) is 1.03. The summed E-state index contributed by atoms with van der Waals surface area (Å²) in [5, 5.41) is 17.6. The second-order valence-corrected chi connectivity index (χ2v) is 4.33. The summed E-state index contributed by atoms with van der Waals surface area (Å²) in [5.41, 5.74) is 0. The predicted octanol–water partition coefficient (Wildman–Crippen LogP) is 2.85. The Morgan fingerprint density at radius 3 is 1.47 bits per heavy atom. The third kappa shape index (κ3) is 8.95. The van der Waals surface area contributed by atoms with E-state index in [0.29, 0.717) is 25.0 Å². The maximum atomic E-state index is 8.79. The Balaban J connectivity index is 0.000000325. The molecule has 0 bridgehead atoms. The zero-order valence-corrected chi connectivity index (χ0v) is 11.0. The molecule has 3 nitrogen and oxygen atoms in total. The summed E-state index contributed by atoms with van der Waals surface area (Å²) < 4.78 is 4.77. The molecule has 0 aliphatic heterocycles. The van der Waals surface area contributed by atoms with Gasteiger partial charge < -0.3 is 14.9 Å². The molecule has 3 heteroatoms. The van der Waals surface area contributed by atoms with Crippen molar-refractivity contribution >= 4 is 0 Å². The van der Waals surface area contributed by atoms with E-state index in [1.165, 1.54) is 0 Å². The van der Waals surface area contributed by atoms with Crippen LogP contribution in [0.4, 0.5) is 0 Å². The fraction of sp³-hybridized carbons (Fsp3) is 0.714. The van der Waals surface area contributed by atoms with Crippen LogP contribution in [0.5, 0.6) is 0 Å². The summed E-state index contributed by atoms with van der Waals surface area (Å²) in [7, 11) is 0. The molecule has 0 heterocycles. The number of ether oxygens (including phenoxy) is 1. The Hall–Kier alpha value is -0.800. The number of allylic oxidation sites excluding steroid dienone is 2. The molecule has 17 heavy (non-hydrogen) atoms. The van der Waals surface area contributed by atoms with Crippen LogP contribution in [0.1, 0.15) is 39.5 Å². The molecule has 1 aliphatic rings. The summed E-state index contributed by atoms with van der Waals surface area (Å²) in [4.78, 5) is 0. The van der Waals surface area contributed by atoms with E-state index < -0.39 is 0 Å². The first-order valence-corrected chi connectivity index (χ1v) is 6.37. The number of aliphatic hydroxyl groups excluding tert-OH is 2. The smallest absolute Gasteiger partial charge is 0.0858 e. The van der Waals surface area contributed by atoms with Crippen molar-refractivity contribution < 1.29 is 14.9 Å². The molecule has 0 saturated heterocycles. The topological polar surface area (TPSA) is 49.7 Å². The predicted molar refractivity (Wildman–Crippen MR) is 70.3 cm³/mol. The Morgan fingerprint density at radius 1 is 0.882 bits per heavy atom. The Morgan fingerprint density at radius 2 is 1.24 bits per heavy atom. The van der Waals surface area contributed by atoms with Crippen molar-refractivity contribution in [1.29, 1.82) is 0 Å². The van der Waals surface area contributed by atoms with Crippen molar-refractivity contribution in [2.24, 2.45) is 11.8 Å². The van der Waals surface area contributed by atoms with Crippen LogP contribution in [-0.4, -0.2) is 23.4 Å². The average Bonchev–Trinajstić information content (AvgIpc) is 2.40. The fourth-order valence-electron chi connectivity index (χ4n) is 1.80. The largest absolute Gasteiger partial charge is 0.473 e. The lowest BCUT2D eigenvalue weighted by atomic mass is 9.83. The summed E-state index contributed by atoms with van der Waals surface area (Å²) in [6, 6.07) is 0. The van der Waals surface area contributed by atoms with E-state index in [4.69, 9.17) is 14.9 Å². The van der Waals surface area contributed by atoms with Crippen molar-refractivity contribution in [2.75, 3.05) is 13.2 Å². The van der Waals surface area contributed by atoms with Gasteiger partial charge in [0.2, 0.25) is 0 Å². The zero-order valence-electron chi connectivity index (χ0n) is 11.0. The summed E-state index contributed by atoms with van der Waals surface area (Å²) in [6.07, 6.45) is 11.3. The molecule has 1 saturated carbocycles. The molecule has 2 N–H and O–H groups in total. The van der Waals surface area contributed by atoms with Gasteiger partial charge in [0.1, 0.15) is 0 Å². The van der Waals surface area contributed by atoms with E-state index in [0.717, 1.165) is 25.7 Å². The molecule has 0 atom stereocenters. The van der Waals surface area contributed by atoms with E-state index in [9.17, 15) is 0 Å². The van der Waals surface area contributed by atoms with Gasteiger partial charge in [0.15, 0.2) is 0 Å². The molecular formula is C14H26O3. The van der Waals surface area contributed by atoms with Gasteiger partial charge in [-0.25, -0.2) is 0 Å². The normalized spacial score (nSPS) is 24.7. The molecule has 0 amide bonds. The van der Waals surface area contributed by atoms with Crippen LogP contribution < -0.4 is 0 Å². The van der Waals surface area contributed by atoms with E-state index in [2.05, 4.69) is 0 Å². The van der Waals surface area contributed by atoms with Crippen LogP contribution in [0, 0.1) is 11.8 Å². The number of aliphatic hydroxyl groups is 2. The first kappa shape index (κ1) is 16.2. The minimum absolute atomic E-state index is 0.331. The van der Waals surface area contributed by atoms with Gasteiger partial charge in [0.25, 0.3) is 0 Å². The summed E-state index contributed by atoms with van der Waals surface area (Å²) >= 11 is 0. The Kier molecular flexibility index (Phi) is 11.1. The maximum Gasteiger partial charge on any atom is 0.0858 e. The van der Waals surface area contributed by atoms with Crippen LogP contribution in [0.3, 0.4) is 0 Å². The molecule has 1 fully saturated rings. The van der Waals surface area contributed by atoms with Crippen LogP contribution in [-0.2, 0) is 4.74 Å². The summed E-state index contributed by atoms with van der Waals surface area (Å²) in [6.45, 7) is 4.48. The van der Waals surface area contributed by atoms with Crippen molar-refractivity contribution in [3.63, 3.8) is 0 Å². The van der Waals surface area contributed by atoms with E-state index in [1.54, 1.807) is 12.5 Å². The Bertz CT molecular complexity index is 182. The van der Waals surface area contributed by atoms with Gasteiger partial charge in [0.05, 0.1) is 12.5 Å². The molecular weight excluding hydrogens is 216 g/mol. The molecule has 1 rings (SSSR count). The maximum absolute atomic E-state index is 8.79. The van der Waals surface area contributed by atoms with Crippen molar-refractivity contribution in [2.45, 2.75) is 39.5 Å². The highest BCUT2D eigenvalue weighted by molar-refractivity contribution is 4.73. The first-order valence-electron chi connectivity index (χ1n) is 6.37. The van der Waals surface area contributed by atoms with Gasteiger partial charge in [-0.15, -0.1) is 0 Å². The van der Waals surface area contributed by atoms with Crippen LogP contribution in [0.2, 0.25) is 0 Å². The second kappa shape index (κ2) is 11.7. The molecule has 1 aliphatic carbocycles. The van der Waals surface area contributed by atoms with Gasteiger partial charge in [-0.3, -0.25) is 0 Å². The monoisotopic (exact) mass is 242 g/mol. The standard InChI is InChI=1S/C8H16O2.C6H10O/c9-5-7-1-2-8(6-10)4-3-7;1-3-5-7-6-4-2/h7-10H,1-6H2;3-6H,1-2H3/b;5-3-,6-4-. The molecule has 100 valence electrons. The van der Waals surface area contributed by atoms with Gasteiger partial charge in [0, 0.05) is 13.2 Å². The van der Waals surface area contributed by atoms with E-state index >= 15 is 0 Å². The molecule has 0 unspecified atom stereocenters. The number of hydrogen-bond acceptors (Lipinski definition) is 3. The highest BCUT2D eigenvalue weighted by Gasteiger charge is 2.19. The first-order chi connectivity index (χ1) is 8.28. The lowest BCUT2D eigenvalue weighted by molar-refractivity contribution is 0.131. The SMILES string of the molecule is C/C=C\O/C=C\C.OCC1CCC(CO)CC1. The van der Waals surface area contributed by atoms with E-state index in [-0.39, 0.29) is 0 Å². The molecule has 0 aromatic rings. The fourth-order valence-corrected chi connectivity index (χ4v) is 1.80. The van der Waals surface area contributed by atoms with Crippen molar-refractivity contribution in [3.05, 3.63) is 24.7 Å². The number of rotatable bonds is 4. The minimum Gasteiger partial charge on any atom is -0.473 e. The second-order valence-electron chi connectivity index (χ2n) is 4.33. The molecule has 0 radical (unpaired) electrons. The quantitative estimate of drug-likeness (QED) is 0.745. The zero-order chi connectivity index (χ0) is 12.9. The molecule has 0 aromatic heterocycles. The van der Waals surface area contributed by atoms with Gasteiger partial charge in [-0.2, -0.15) is 0 Å².